The summed E-state index contributed by atoms with van der Waals surface area (Å²) in [7, 11) is 1.68. The molecule has 1 rings (SSSR count). The van der Waals surface area contributed by atoms with Crippen LogP contribution in [0.15, 0.2) is 0 Å². The normalized spacial score (nSPS) is 23.9. The Kier molecular flexibility index (Phi) is 5.40. The van der Waals surface area contributed by atoms with Crippen molar-refractivity contribution in [2.24, 2.45) is 11.8 Å². The van der Waals surface area contributed by atoms with Crippen LogP contribution < -0.4 is 5.32 Å². The molecule has 1 saturated carbocycles. The molecule has 0 aromatic rings. The zero-order valence-corrected chi connectivity index (χ0v) is 10.9. The molecule has 0 heterocycles. The van der Waals surface area contributed by atoms with Gasteiger partial charge in [0.25, 0.3) is 0 Å². The van der Waals surface area contributed by atoms with Crippen LogP contribution in [0.2, 0.25) is 0 Å². The van der Waals surface area contributed by atoms with E-state index in [9.17, 15) is 9.59 Å². The highest BCUT2D eigenvalue weighted by Gasteiger charge is 2.29. The quantitative estimate of drug-likeness (QED) is 0.647. The van der Waals surface area contributed by atoms with E-state index < -0.39 is 11.9 Å². The molecule has 1 fully saturated rings. The lowest BCUT2D eigenvalue weighted by Gasteiger charge is -2.34. The maximum Gasteiger partial charge on any atom is 0.317 e. The van der Waals surface area contributed by atoms with Crippen LogP contribution in [-0.2, 0) is 4.79 Å². The number of nitrogens with zero attached hydrogens (tertiary/aromatic N) is 1. The Balaban J connectivity index is 2.24. The van der Waals surface area contributed by atoms with Crippen LogP contribution in [0.4, 0.5) is 4.79 Å². The van der Waals surface area contributed by atoms with Crippen molar-refractivity contribution in [2.75, 3.05) is 20.1 Å². The topological polar surface area (TPSA) is 89.9 Å². The summed E-state index contributed by atoms with van der Waals surface area (Å²) in [4.78, 5) is 24.0. The van der Waals surface area contributed by atoms with Crippen LogP contribution in [-0.4, -0.2) is 53.4 Å². The Morgan fingerprint density at radius 1 is 1.44 bits per heavy atom. The van der Waals surface area contributed by atoms with E-state index in [-0.39, 0.29) is 18.7 Å². The van der Waals surface area contributed by atoms with Crippen molar-refractivity contribution in [2.45, 2.75) is 32.3 Å². The summed E-state index contributed by atoms with van der Waals surface area (Å²) in [5.41, 5.74) is 0. The second-order valence-electron chi connectivity index (χ2n) is 5.00. The number of carbonyl (C=O) groups excluding carboxylic acids is 1. The zero-order chi connectivity index (χ0) is 13.7. The molecule has 0 radical (unpaired) electrons. The van der Waals surface area contributed by atoms with Crippen LogP contribution in [0.1, 0.15) is 26.2 Å². The Morgan fingerprint density at radius 2 is 2.06 bits per heavy atom. The minimum absolute atomic E-state index is 0.155. The molecule has 6 heteroatoms. The lowest BCUT2D eigenvalue weighted by atomic mass is 9.82. The highest BCUT2D eigenvalue weighted by atomic mass is 16.4. The number of carbonyl (C=O) groups is 2. The van der Waals surface area contributed by atoms with Crippen molar-refractivity contribution in [3.63, 3.8) is 0 Å². The van der Waals surface area contributed by atoms with E-state index in [2.05, 4.69) is 5.32 Å². The lowest BCUT2D eigenvalue weighted by Crippen LogP contribution is -2.45. The van der Waals surface area contributed by atoms with Crippen LogP contribution in [0.25, 0.3) is 0 Å². The van der Waals surface area contributed by atoms with E-state index in [0.29, 0.717) is 18.9 Å². The maximum atomic E-state index is 11.7. The van der Waals surface area contributed by atoms with E-state index in [1.165, 1.54) is 0 Å². The number of hydrogen-bond acceptors (Lipinski definition) is 3. The van der Waals surface area contributed by atoms with Crippen molar-refractivity contribution in [3.05, 3.63) is 0 Å². The third-order valence-electron chi connectivity index (χ3n) is 3.43. The number of urea groups is 1. The summed E-state index contributed by atoms with van der Waals surface area (Å²) in [5.74, 6) is -1.06. The number of amides is 2. The van der Waals surface area contributed by atoms with Gasteiger partial charge in [-0.25, -0.2) is 4.79 Å². The van der Waals surface area contributed by atoms with E-state index in [4.69, 9.17) is 10.2 Å². The smallest absolute Gasteiger partial charge is 0.317 e. The van der Waals surface area contributed by atoms with Crippen LogP contribution in [0.3, 0.4) is 0 Å². The SMILES string of the molecule is CCC(CNC(=O)N(C)CC1CC(O)C1)C(=O)O. The maximum absolute atomic E-state index is 11.7. The van der Waals surface area contributed by atoms with Gasteiger partial charge < -0.3 is 20.4 Å². The minimum Gasteiger partial charge on any atom is -0.481 e. The third-order valence-corrected chi connectivity index (χ3v) is 3.43. The van der Waals surface area contributed by atoms with Gasteiger partial charge in [-0.05, 0) is 25.2 Å². The molecule has 104 valence electrons. The first-order valence-corrected chi connectivity index (χ1v) is 6.33. The monoisotopic (exact) mass is 258 g/mol. The zero-order valence-electron chi connectivity index (χ0n) is 10.9. The summed E-state index contributed by atoms with van der Waals surface area (Å²) in [6, 6.07) is -0.254. The van der Waals surface area contributed by atoms with Gasteiger partial charge in [0, 0.05) is 20.1 Å². The fourth-order valence-corrected chi connectivity index (χ4v) is 2.07. The number of hydrogen-bond donors (Lipinski definition) is 3. The second kappa shape index (κ2) is 6.58. The van der Waals surface area contributed by atoms with Gasteiger partial charge in [0.05, 0.1) is 12.0 Å². The molecule has 2 amide bonds. The molecule has 1 aliphatic rings. The Morgan fingerprint density at radius 3 is 2.50 bits per heavy atom. The summed E-state index contributed by atoms with van der Waals surface area (Å²) >= 11 is 0. The predicted molar refractivity (Wildman–Crippen MR) is 66.2 cm³/mol. The average Bonchev–Trinajstić information content (AvgIpc) is 2.26. The van der Waals surface area contributed by atoms with E-state index in [1.54, 1.807) is 18.9 Å². The van der Waals surface area contributed by atoms with Gasteiger partial charge in [-0.1, -0.05) is 6.92 Å². The van der Waals surface area contributed by atoms with Crippen molar-refractivity contribution < 1.29 is 19.8 Å². The molecular weight excluding hydrogens is 236 g/mol. The third kappa shape index (κ3) is 4.18. The molecule has 1 unspecified atom stereocenters. The van der Waals surface area contributed by atoms with Crippen molar-refractivity contribution in [3.8, 4) is 0 Å². The Hall–Kier alpha value is -1.30. The van der Waals surface area contributed by atoms with Crippen LogP contribution in [0, 0.1) is 11.8 Å². The largest absolute Gasteiger partial charge is 0.481 e. The molecule has 0 aliphatic heterocycles. The molecule has 6 nitrogen and oxygen atoms in total. The van der Waals surface area contributed by atoms with Crippen molar-refractivity contribution in [1.82, 2.24) is 10.2 Å². The van der Waals surface area contributed by atoms with Gasteiger partial charge in [0.2, 0.25) is 0 Å². The van der Waals surface area contributed by atoms with Crippen molar-refractivity contribution in [1.29, 1.82) is 0 Å². The summed E-state index contributed by atoms with van der Waals surface area (Å²) in [6.45, 7) is 2.54. The van der Waals surface area contributed by atoms with E-state index in [1.807, 2.05) is 0 Å². The van der Waals surface area contributed by atoms with E-state index in [0.717, 1.165) is 12.8 Å². The molecule has 0 saturated heterocycles. The van der Waals surface area contributed by atoms with E-state index >= 15 is 0 Å². The summed E-state index contributed by atoms with van der Waals surface area (Å²) in [6.07, 6.45) is 1.76. The molecule has 0 aromatic carbocycles. The summed E-state index contributed by atoms with van der Waals surface area (Å²) < 4.78 is 0. The standard InChI is InChI=1S/C12H22N2O4/c1-3-9(11(16)17)6-13-12(18)14(2)7-8-4-10(15)5-8/h8-10,15H,3-7H2,1-2H3,(H,13,18)(H,16,17). The van der Waals surface area contributed by atoms with Gasteiger partial charge in [-0.2, -0.15) is 0 Å². The molecule has 0 bridgehead atoms. The van der Waals surface area contributed by atoms with Gasteiger partial charge in [0.1, 0.15) is 0 Å². The molecule has 18 heavy (non-hydrogen) atoms. The highest BCUT2D eigenvalue weighted by molar-refractivity contribution is 5.75. The number of nitrogens with one attached hydrogen (secondary N) is 1. The second-order valence-corrected chi connectivity index (χ2v) is 5.00. The van der Waals surface area contributed by atoms with Crippen LogP contribution in [0.5, 0.6) is 0 Å². The number of rotatable bonds is 6. The number of aliphatic hydroxyl groups excluding tert-OH is 1. The molecular formula is C12H22N2O4. The van der Waals surface area contributed by atoms with Crippen molar-refractivity contribution >= 4 is 12.0 Å². The first-order valence-electron chi connectivity index (χ1n) is 6.33. The fraction of sp³-hybridized carbons (Fsp3) is 0.833. The summed E-state index contributed by atoms with van der Waals surface area (Å²) in [5, 5.41) is 20.6. The lowest BCUT2D eigenvalue weighted by molar-refractivity contribution is -0.141. The van der Waals surface area contributed by atoms with Crippen LogP contribution >= 0.6 is 0 Å². The molecule has 0 aromatic heterocycles. The highest BCUT2D eigenvalue weighted by Crippen LogP contribution is 2.27. The Bertz CT molecular complexity index is 302. The number of aliphatic carboxylic acids is 1. The van der Waals surface area contributed by atoms with Gasteiger partial charge in [0.15, 0.2) is 0 Å². The fourth-order valence-electron chi connectivity index (χ4n) is 2.07. The van der Waals surface area contributed by atoms with Gasteiger partial charge in [-0.3, -0.25) is 4.79 Å². The number of aliphatic hydroxyl groups is 1. The minimum atomic E-state index is -0.887. The van der Waals surface area contributed by atoms with Gasteiger partial charge in [-0.15, -0.1) is 0 Å². The van der Waals surface area contributed by atoms with Gasteiger partial charge >= 0.3 is 12.0 Å². The number of carboxylic acids is 1. The Labute approximate surface area is 107 Å². The first kappa shape index (κ1) is 14.8. The molecule has 0 spiro atoms. The first-order chi connectivity index (χ1) is 8.43. The molecule has 1 aliphatic carbocycles. The molecule has 3 N–H and O–H groups in total. The average molecular weight is 258 g/mol. The molecule has 1 atom stereocenters. The predicted octanol–water partition coefficient (Wildman–Crippen LogP) is 0.509. The number of carboxylic acid groups (broad SMARTS) is 1.